The summed E-state index contributed by atoms with van der Waals surface area (Å²) < 4.78 is 40.2. The summed E-state index contributed by atoms with van der Waals surface area (Å²) >= 11 is 0. The Morgan fingerprint density at radius 1 is 1.27 bits per heavy atom. The van der Waals surface area contributed by atoms with Crippen molar-refractivity contribution in [2.45, 2.75) is 32.5 Å². The lowest BCUT2D eigenvalue weighted by molar-refractivity contribution is -0.274. The molecule has 0 spiro atoms. The van der Waals surface area contributed by atoms with Crippen molar-refractivity contribution in [2.24, 2.45) is 5.92 Å². The molecule has 5 nitrogen and oxygen atoms in total. The fourth-order valence-electron chi connectivity index (χ4n) is 2.99. The van der Waals surface area contributed by atoms with Gasteiger partial charge in [0.05, 0.1) is 0 Å². The van der Waals surface area contributed by atoms with E-state index in [9.17, 15) is 22.8 Å². The number of alkyl halides is 3. The molecule has 26 heavy (non-hydrogen) atoms. The van der Waals surface area contributed by atoms with Gasteiger partial charge in [-0.15, -0.1) is 13.2 Å². The third-order valence-corrected chi connectivity index (χ3v) is 4.26. The van der Waals surface area contributed by atoms with Gasteiger partial charge in [0.15, 0.2) is 0 Å². The Bertz CT molecular complexity index is 873. The van der Waals surface area contributed by atoms with Crippen molar-refractivity contribution in [2.75, 3.05) is 5.32 Å². The summed E-state index contributed by atoms with van der Waals surface area (Å²) in [7, 11) is 0. The second-order valence-corrected chi connectivity index (χ2v) is 6.39. The van der Waals surface area contributed by atoms with Crippen LogP contribution in [0, 0.1) is 5.92 Å². The van der Waals surface area contributed by atoms with Crippen LogP contribution in [0.1, 0.15) is 35.0 Å². The Morgan fingerprint density at radius 3 is 2.62 bits per heavy atom. The number of benzene rings is 1. The van der Waals surface area contributed by atoms with E-state index in [1.165, 1.54) is 12.1 Å². The van der Waals surface area contributed by atoms with Crippen LogP contribution >= 0.6 is 0 Å². The van der Waals surface area contributed by atoms with Crippen LogP contribution in [-0.2, 0) is 12.8 Å². The number of anilines is 1. The highest BCUT2D eigenvalue weighted by molar-refractivity contribution is 6.04. The van der Waals surface area contributed by atoms with E-state index in [2.05, 4.69) is 22.0 Å². The molecule has 0 radical (unpaired) electrons. The highest BCUT2D eigenvalue weighted by Gasteiger charge is 2.31. The second-order valence-electron chi connectivity index (χ2n) is 6.39. The minimum absolute atomic E-state index is 0.0199. The van der Waals surface area contributed by atoms with E-state index in [0.29, 0.717) is 5.92 Å². The van der Waals surface area contributed by atoms with E-state index in [-0.39, 0.29) is 11.3 Å². The molecule has 0 saturated heterocycles. The first-order chi connectivity index (χ1) is 12.2. The molecular weight excluding hydrogens is 349 g/mol. The Hall–Kier alpha value is -2.77. The summed E-state index contributed by atoms with van der Waals surface area (Å²) in [5.74, 6) is -0.529. The number of fused-ring (bicyclic) bond motifs is 1. The van der Waals surface area contributed by atoms with Gasteiger partial charge in [0.1, 0.15) is 11.3 Å². The van der Waals surface area contributed by atoms with E-state index in [4.69, 9.17) is 0 Å². The van der Waals surface area contributed by atoms with Crippen molar-refractivity contribution in [3.63, 3.8) is 0 Å². The van der Waals surface area contributed by atoms with E-state index in [1.807, 2.05) is 0 Å². The zero-order valence-corrected chi connectivity index (χ0v) is 13.9. The van der Waals surface area contributed by atoms with Crippen LogP contribution < -0.4 is 15.6 Å². The van der Waals surface area contributed by atoms with Crippen molar-refractivity contribution in [3.8, 4) is 5.75 Å². The summed E-state index contributed by atoms with van der Waals surface area (Å²) in [6.45, 7) is 2.11. The molecule has 1 atom stereocenters. The molecule has 3 rings (SSSR count). The SMILES string of the molecule is C[C@@H]1CCc2[nH]c(=O)c(C(=O)Nc3ccc(OC(F)(F)F)cc3)cc2C1. The van der Waals surface area contributed by atoms with Crippen LogP contribution in [0.5, 0.6) is 5.75 Å². The molecule has 2 N–H and O–H groups in total. The summed E-state index contributed by atoms with van der Waals surface area (Å²) in [5.41, 5.74) is 1.57. The third kappa shape index (κ3) is 4.25. The molecule has 138 valence electrons. The van der Waals surface area contributed by atoms with Gasteiger partial charge in [-0.1, -0.05) is 6.92 Å². The maximum atomic E-state index is 12.4. The summed E-state index contributed by atoms with van der Waals surface area (Å²) in [6.07, 6.45) is -2.23. The van der Waals surface area contributed by atoms with Gasteiger partial charge >= 0.3 is 6.36 Å². The number of pyridine rings is 1. The quantitative estimate of drug-likeness (QED) is 0.871. The topological polar surface area (TPSA) is 71.2 Å². The van der Waals surface area contributed by atoms with Crippen LogP contribution in [0.25, 0.3) is 0 Å². The van der Waals surface area contributed by atoms with Gasteiger partial charge in [-0.25, -0.2) is 0 Å². The monoisotopic (exact) mass is 366 g/mol. The van der Waals surface area contributed by atoms with E-state index in [0.717, 1.165) is 42.7 Å². The van der Waals surface area contributed by atoms with Gasteiger partial charge in [-0.2, -0.15) is 0 Å². The number of H-pyrrole nitrogens is 1. The molecule has 1 amide bonds. The normalized spacial score (nSPS) is 16.7. The van der Waals surface area contributed by atoms with Gasteiger partial charge < -0.3 is 15.0 Å². The molecule has 2 aromatic rings. The first kappa shape index (κ1) is 18.0. The standard InChI is InChI=1S/C18H17F3N2O3/c1-10-2-7-15-11(8-10)9-14(17(25)23-15)16(24)22-12-3-5-13(6-4-12)26-18(19,20)21/h3-6,9-10H,2,7-8H2,1H3,(H,22,24)(H,23,25)/t10-/m1/s1. The minimum atomic E-state index is -4.78. The Labute approximate surface area is 147 Å². The summed E-state index contributed by atoms with van der Waals surface area (Å²) in [5, 5.41) is 2.51. The average Bonchev–Trinajstić information content (AvgIpc) is 2.55. The molecular formula is C18H17F3N2O3. The van der Waals surface area contributed by atoms with Crippen LogP contribution in [0.3, 0.4) is 0 Å². The zero-order valence-electron chi connectivity index (χ0n) is 13.9. The summed E-state index contributed by atoms with van der Waals surface area (Å²) in [4.78, 5) is 27.3. The number of carbonyl (C=O) groups is 1. The first-order valence-corrected chi connectivity index (χ1v) is 8.13. The lowest BCUT2D eigenvalue weighted by atomic mass is 9.87. The first-order valence-electron chi connectivity index (χ1n) is 8.13. The zero-order chi connectivity index (χ0) is 18.9. The molecule has 1 aromatic carbocycles. The number of rotatable bonds is 3. The summed E-state index contributed by atoms with van der Waals surface area (Å²) in [6, 6.07) is 6.31. The Morgan fingerprint density at radius 2 is 1.96 bits per heavy atom. The molecule has 1 aromatic heterocycles. The number of hydrogen-bond acceptors (Lipinski definition) is 3. The lowest BCUT2D eigenvalue weighted by Crippen LogP contribution is -2.27. The number of aromatic nitrogens is 1. The van der Waals surface area contributed by atoms with Crippen LogP contribution in [0.4, 0.5) is 18.9 Å². The van der Waals surface area contributed by atoms with E-state index in [1.54, 1.807) is 6.07 Å². The molecule has 0 aliphatic heterocycles. The largest absolute Gasteiger partial charge is 0.573 e. The highest BCUT2D eigenvalue weighted by atomic mass is 19.4. The molecule has 0 bridgehead atoms. The van der Waals surface area contributed by atoms with Gasteiger partial charge in [0.25, 0.3) is 11.5 Å². The average molecular weight is 366 g/mol. The van der Waals surface area contributed by atoms with Gasteiger partial charge in [0.2, 0.25) is 0 Å². The van der Waals surface area contributed by atoms with E-state index < -0.39 is 23.6 Å². The highest BCUT2D eigenvalue weighted by Crippen LogP contribution is 2.25. The molecule has 1 heterocycles. The molecule has 8 heteroatoms. The predicted molar refractivity (Wildman–Crippen MR) is 89.3 cm³/mol. The molecule has 0 fully saturated rings. The number of carbonyl (C=O) groups excluding carboxylic acids is 1. The van der Waals surface area contributed by atoms with Crippen LogP contribution in [0.2, 0.25) is 0 Å². The number of nitrogens with one attached hydrogen (secondary N) is 2. The molecule has 1 aliphatic carbocycles. The molecule has 0 unspecified atom stereocenters. The number of hydrogen-bond donors (Lipinski definition) is 2. The van der Waals surface area contributed by atoms with Gasteiger partial charge in [0, 0.05) is 11.4 Å². The van der Waals surface area contributed by atoms with Crippen molar-refractivity contribution >= 4 is 11.6 Å². The van der Waals surface area contributed by atoms with E-state index >= 15 is 0 Å². The molecule has 0 saturated carbocycles. The number of amides is 1. The van der Waals surface area contributed by atoms with Crippen LogP contribution in [-0.4, -0.2) is 17.3 Å². The van der Waals surface area contributed by atoms with Crippen molar-refractivity contribution in [1.82, 2.24) is 4.98 Å². The van der Waals surface area contributed by atoms with Crippen molar-refractivity contribution < 1.29 is 22.7 Å². The second kappa shape index (κ2) is 6.86. The maximum absolute atomic E-state index is 12.4. The van der Waals surface area contributed by atoms with Gasteiger partial charge in [-0.05, 0) is 61.1 Å². The van der Waals surface area contributed by atoms with Gasteiger partial charge in [-0.3, -0.25) is 9.59 Å². The number of halogens is 3. The van der Waals surface area contributed by atoms with Crippen molar-refractivity contribution in [1.29, 1.82) is 0 Å². The number of aromatic amines is 1. The number of aryl methyl sites for hydroxylation is 1. The third-order valence-electron chi connectivity index (χ3n) is 4.26. The predicted octanol–water partition coefficient (Wildman–Crippen LogP) is 3.65. The minimum Gasteiger partial charge on any atom is -0.406 e. The fourth-order valence-corrected chi connectivity index (χ4v) is 2.99. The van der Waals surface area contributed by atoms with Crippen molar-refractivity contribution in [3.05, 3.63) is 57.5 Å². The Kier molecular flexibility index (Phi) is 4.76. The van der Waals surface area contributed by atoms with Crippen LogP contribution in [0.15, 0.2) is 35.1 Å². The number of ether oxygens (including phenoxy) is 1. The Balaban J connectivity index is 1.76. The fraction of sp³-hybridized carbons (Fsp3) is 0.333. The molecule has 1 aliphatic rings. The smallest absolute Gasteiger partial charge is 0.406 e. The maximum Gasteiger partial charge on any atom is 0.573 e. The lowest BCUT2D eigenvalue weighted by Gasteiger charge is -2.21.